The van der Waals surface area contributed by atoms with Gasteiger partial charge in [0, 0.05) is 18.6 Å². The van der Waals surface area contributed by atoms with Crippen LogP contribution in [0.4, 0.5) is 10.2 Å². The molecule has 2 atom stereocenters. The molecule has 2 unspecified atom stereocenters. The SMILES string of the molecule is CCNC(C)C1CCCCN1c1ncnc(C)c1F. The number of nitrogens with zero attached hydrogens (tertiary/aromatic N) is 3. The molecule has 1 aliphatic heterocycles. The molecule has 4 nitrogen and oxygen atoms in total. The van der Waals surface area contributed by atoms with E-state index in [4.69, 9.17) is 0 Å². The summed E-state index contributed by atoms with van der Waals surface area (Å²) in [6.45, 7) is 7.75. The second-order valence-electron chi connectivity index (χ2n) is 5.20. The van der Waals surface area contributed by atoms with E-state index in [2.05, 4.69) is 34.0 Å². The number of rotatable bonds is 4. The average molecular weight is 266 g/mol. The van der Waals surface area contributed by atoms with Gasteiger partial charge in [-0.25, -0.2) is 14.4 Å². The highest BCUT2D eigenvalue weighted by Gasteiger charge is 2.30. The van der Waals surface area contributed by atoms with Crippen LogP contribution in [-0.4, -0.2) is 35.1 Å². The van der Waals surface area contributed by atoms with Crippen molar-refractivity contribution in [2.75, 3.05) is 18.0 Å². The van der Waals surface area contributed by atoms with Crippen LogP contribution >= 0.6 is 0 Å². The summed E-state index contributed by atoms with van der Waals surface area (Å²) in [6, 6.07) is 0.637. The molecule has 1 aliphatic rings. The van der Waals surface area contributed by atoms with Crippen molar-refractivity contribution in [2.45, 2.75) is 52.1 Å². The summed E-state index contributed by atoms with van der Waals surface area (Å²) in [5, 5.41) is 3.44. The first kappa shape index (κ1) is 14.2. The molecule has 1 aromatic rings. The van der Waals surface area contributed by atoms with Gasteiger partial charge in [0.15, 0.2) is 11.6 Å². The van der Waals surface area contributed by atoms with Crippen molar-refractivity contribution in [3.8, 4) is 0 Å². The van der Waals surface area contributed by atoms with E-state index in [9.17, 15) is 4.39 Å². The van der Waals surface area contributed by atoms with E-state index in [1.165, 1.54) is 12.7 Å². The van der Waals surface area contributed by atoms with E-state index in [-0.39, 0.29) is 5.82 Å². The van der Waals surface area contributed by atoms with E-state index in [0.29, 0.717) is 23.6 Å². The van der Waals surface area contributed by atoms with Gasteiger partial charge >= 0.3 is 0 Å². The Kier molecular flexibility index (Phi) is 4.69. The van der Waals surface area contributed by atoms with Crippen LogP contribution in [0.5, 0.6) is 0 Å². The topological polar surface area (TPSA) is 41.0 Å². The van der Waals surface area contributed by atoms with E-state index < -0.39 is 0 Å². The molecule has 0 bridgehead atoms. The van der Waals surface area contributed by atoms with Crippen LogP contribution < -0.4 is 10.2 Å². The van der Waals surface area contributed by atoms with Crippen LogP contribution in [-0.2, 0) is 0 Å². The number of halogens is 1. The molecule has 19 heavy (non-hydrogen) atoms. The molecule has 2 heterocycles. The Morgan fingerprint density at radius 3 is 3.00 bits per heavy atom. The maximum absolute atomic E-state index is 14.2. The smallest absolute Gasteiger partial charge is 0.186 e. The fraction of sp³-hybridized carbons (Fsp3) is 0.714. The summed E-state index contributed by atoms with van der Waals surface area (Å²) in [4.78, 5) is 10.2. The van der Waals surface area contributed by atoms with Crippen LogP contribution in [0.15, 0.2) is 6.33 Å². The summed E-state index contributed by atoms with van der Waals surface area (Å²) < 4.78 is 14.2. The predicted octanol–water partition coefficient (Wildman–Crippen LogP) is 2.28. The van der Waals surface area contributed by atoms with Crippen LogP contribution in [0.1, 0.15) is 38.8 Å². The maximum Gasteiger partial charge on any atom is 0.186 e. The minimum Gasteiger partial charge on any atom is -0.350 e. The first-order valence-corrected chi connectivity index (χ1v) is 7.12. The minimum atomic E-state index is -0.280. The van der Waals surface area contributed by atoms with Crippen LogP contribution in [0.2, 0.25) is 0 Å². The van der Waals surface area contributed by atoms with Gasteiger partial charge in [0.1, 0.15) is 6.33 Å². The van der Waals surface area contributed by atoms with Gasteiger partial charge in [-0.3, -0.25) is 0 Å². The van der Waals surface area contributed by atoms with Crippen LogP contribution in [0.3, 0.4) is 0 Å². The summed E-state index contributed by atoms with van der Waals surface area (Å²) in [6.07, 6.45) is 4.83. The Morgan fingerprint density at radius 1 is 1.47 bits per heavy atom. The summed E-state index contributed by atoms with van der Waals surface area (Å²) >= 11 is 0. The highest BCUT2D eigenvalue weighted by atomic mass is 19.1. The number of hydrogen-bond acceptors (Lipinski definition) is 4. The van der Waals surface area contributed by atoms with Gasteiger partial charge in [0.2, 0.25) is 0 Å². The summed E-state index contributed by atoms with van der Waals surface area (Å²) in [5.74, 6) is 0.181. The standard InChI is InChI=1S/C14H23FN4/c1-4-16-10(2)12-7-5-6-8-19(12)14-13(15)11(3)17-9-18-14/h9-10,12,16H,4-8H2,1-3H3. The van der Waals surface area contributed by atoms with E-state index in [1.807, 2.05) is 0 Å². The number of hydrogen-bond donors (Lipinski definition) is 1. The fourth-order valence-electron chi connectivity index (χ4n) is 2.84. The van der Waals surface area contributed by atoms with Crippen molar-refractivity contribution >= 4 is 5.82 Å². The third kappa shape index (κ3) is 3.03. The van der Waals surface area contributed by atoms with Crippen molar-refractivity contribution in [2.24, 2.45) is 0 Å². The molecule has 1 aromatic heterocycles. The molecule has 0 spiro atoms. The largest absolute Gasteiger partial charge is 0.350 e. The zero-order valence-electron chi connectivity index (χ0n) is 12.0. The van der Waals surface area contributed by atoms with Crippen LogP contribution in [0.25, 0.3) is 0 Å². The Morgan fingerprint density at radius 2 is 2.26 bits per heavy atom. The number of likely N-dealkylation sites (N-methyl/N-ethyl adjacent to an activating group) is 1. The number of aromatic nitrogens is 2. The molecule has 0 radical (unpaired) electrons. The second-order valence-corrected chi connectivity index (χ2v) is 5.20. The van der Waals surface area contributed by atoms with Gasteiger partial charge in [0.25, 0.3) is 0 Å². The zero-order chi connectivity index (χ0) is 13.8. The van der Waals surface area contributed by atoms with Gasteiger partial charge in [0.05, 0.1) is 5.69 Å². The van der Waals surface area contributed by atoms with Crippen molar-refractivity contribution in [1.29, 1.82) is 0 Å². The monoisotopic (exact) mass is 266 g/mol. The van der Waals surface area contributed by atoms with Crippen molar-refractivity contribution < 1.29 is 4.39 Å². The molecule has 2 rings (SSSR count). The Bertz CT molecular complexity index is 424. The van der Waals surface area contributed by atoms with Gasteiger partial charge in [-0.1, -0.05) is 6.92 Å². The molecule has 106 valence electrons. The highest BCUT2D eigenvalue weighted by molar-refractivity contribution is 5.43. The molecule has 0 aliphatic carbocycles. The predicted molar refractivity (Wildman–Crippen MR) is 74.9 cm³/mol. The average Bonchev–Trinajstić information content (AvgIpc) is 2.42. The Hall–Kier alpha value is -1.23. The lowest BCUT2D eigenvalue weighted by atomic mass is 9.96. The van der Waals surface area contributed by atoms with Gasteiger partial charge in [-0.2, -0.15) is 0 Å². The van der Waals surface area contributed by atoms with Crippen molar-refractivity contribution in [3.63, 3.8) is 0 Å². The number of nitrogens with one attached hydrogen (secondary N) is 1. The molecule has 0 saturated carbocycles. The van der Waals surface area contributed by atoms with E-state index in [1.54, 1.807) is 6.92 Å². The van der Waals surface area contributed by atoms with Gasteiger partial charge < -0.3 is 10.2 Å². The molecule has 5 heteroatoms. The van der Waals surface area contributed by atoms with Crippen LogP contribution in [0, 0.1) is 12.7 Å². The first-order chi connectivity index (χ1) is 9.15. The fourth-order valence-corrected chi connectivity index (χ4v) is 2.84. The number of piperidine rings is 1. The van der Waals surface area contributed by atoms with Gasteiger partial charge in [-0.15, -0.1) is 0 Å². The first-order valence-electron chi connectivity index (χ1n) is 7.12. The van der Waals surface area contributed by atoms with E-state index >= 15 is 0 Å². The summed E-state index contributed by atoms with van der Waals surface area (Å²) in [5.41, 5.74) is 0.422. The lowest BCUT2D eigenvalue weighted by molar-refractivity contribution is 0.366. The van der Waals surface area contributed by atoms with Gasteiger partial charge in [-0.05, 0) is 39.7 Å². The molecular weight excluding hydrogens is 243 g/mol. The Labute approximate surface area is 114 Å². The van der Waals surface area contributed by atoms with E-state index in [0.717, 1.165) is 25.9 Å². The highest BCUT2D eigenvalue weighted by Crippen LogP contribution is 2.27. The molecule has 0 aromatic carbocycles. The summed E-state index contributed by atoms with van der Waals surface area (Å²) in [7, 11) is 0. The zero-order valence-corrected chi connectivity index (χ0v) is 12.0. The molecule has 1 N–H and O–H groups in total. The quantitative estimate of drug-likeness (QED) is 0.907. The lowest BCUT2D eigenvalue weighted by Gasteiger charge is -2.40. The Balaban J connectivity index is 2.26. The lowest BCUT2D eigenvalue weighted by Crippen LogP contribution is -2.51. The third-order valence-electron chi connectivity index (χ3n) is 3.87. The molecular formula is C14H23FN4. The van der Waals surface area contributed by atoms with Crippen molar-refractivity contribution in [1.82, 2.24) is 15.3 Å². The molecule has 1 fully saturated rings. The van der Waals surface area contributed by atoms with Crippen molar-refractivity contribution in [3.05, 3.63) is 17.8 Å². The minimum absolute atomic E-state index is 0.280. The number of anilines is 1. The normalized spacial score (nSPS) is 21.5. The maximum atomic E-state index is 14.2. The molecule has 1 saturated heterocycles. The number of aryl methyl sites for hydroxylation is 1. The third-order valence-corrected chi connectivity index (χ3v) is 3.87. The molecule has 0 amide bonds. The second kappa shape index (κ2) is 6.28.